The van der Waals surface area contributed by atoms with Crippen LogP contribution in [0.4, 0.5) is 0 Å². The van der Waals surface area contributed by atoms with E-state index in [1.165, 1.54) is 48.5 Å². The molecular formula is C24H18O6S. The smallest absolute Gasteiger partial charge is 0.213 e. The van der Waals surface area contributed by atoms with Gasteiger partial charge in [0, 0.05) is 12.1 Å². The first-order chi connectivity index (χ1) is 14.9. The van der Waals surface area contributed by atoms with Gasteiger partial charge in [-0.1, -0.05) is 36.4 Å². The van der Waals surface area contributed by atoms with Gasteiger partial charge in [0.25, 0.3) is 0 Å². The Hall–Kier alpha value is -3.97. The molecule has 6 nitrogen and oxygen atoms in total. The van der Waals surface area contributed by atoms with Crippen LogP contribution in [-0.4, -0.2) is 18.6 Å². The minimum Gasteiger partial charge on any atom is -0.508 e. The van der Waals surface area contributed by atoms with Crippen LogP contribution in [0.25, 0.3) is 0 Å². The molecule has 4 aromatic carbocycles. The summed E-state index contributed by atoms with van der Waals surface area (Å²) in [6.07, 6.45) is 0. The van der Waals surface area contributed by atoms with Crippen molar-refractivity contribution in [2.24, 2.45) is 0 Å². The van der Waals surface area contributed by atoms with Gasteiger partial charge in [-0.15, -0.1) is 0 Å². The van der Waals surface area contributed by atoms with Gasteiger partial charge in [0.05, 0.1) is 0 Å². The van der Waals surface area contributed by atoms with E-state index in [1.807, 2.05) is 0 Å². The second-order valence-corrected chi connectivity index (χ2v) is 8.48. The van der Waals surface area contributed by atoms with E-state index in [0.29, 0.717) is 11.5 Å². The standard InChI is InChI=1S/C24H18O6S/c25-17-7-5-9-19(15-17)29-21-11-1-3-13-23(21)31(27,28)24-14-4-2-12-22(24)30-20-10-6-8-18(26)16-20/h1-16,25-26H. The minimum atomic E-state index is -4.04. The largest absolute Gasteiger partial charge is 0.508 e. The lowest BCUT2D eigenvalue weighted by atomic mass is 10.3. The molecule has 4 rings (SSSR count). The molecule has 0 aliphatic carbocycles. The van der Waals surface area contributed by atoms with Gasteiger partial charge in [0.1, 0.15) is 44.3 Å². The highest BCUT2D eigenvalue weighted by atomic mass is 32.2. The summed E-state index contributed by atoms with van der Waals surface area (Å²) in [6.45, 7) is 0. The molecule has 0 aliphatic heterocycles. The van der Waals surface area contributed by atoms with E-state index in [-0.39, 0.29) is 32.8 Å². The number of hydrogen-bond donors (Lipinski definition) is 2. The van der Waals surface area contributed by atoms with Crippen molar-refractivity contribution in [3.8, 4) is 34.5 Å². The number of rotatable bonds is 6. The van der Waals surface area contributed by atoms with Gasteiger partial charge in [-0.3, -0.25) is 0 Å². The number of para-hydroxylation sites is 2. The predicted octanol–water partition coefficient (Wildman–Crippen LogP) is 5.52. The summed E-state index contributed by atoms with van der Waals surface area (Å²) < 4.78 is 38.6. The van der Waals surface area contributed by atoms with Crippen molar-refractivity contribution in [3.05, 3.63) is 97.1 Å². The molecule has 0 unspecified atom stereocenters. The lowest BCUT2D eigenvalue weighted by Gasteiger charge is -2.15. The lowest BCUT2D eigenvalue weighted by molar-refractivity contribution is 0.446. The zero-order valence-corrected chi connectivity index (χ0v) is 17.0. The average molecular weight is 434 g/mol. The quantitative estimate of drug-likeness (QED) is 0.415. The fourth-order valence-corrected chi connectivity index (χ4v) is 4.48. The van der Waals surface area contributed by atoms with Crippen molar-refractivity contribution >= 4 is 9.84 Å². The average Bonchev–Trinajstić information content (AvgIpc) is 2.74. The zero-order chi connectivity index (χ0) is 21.8. The Morgan fingerprint density at radius 3 is 1.39 bits per heavy atom. The Morgan fingerprint density at radius 1 is 0.548 bits per heavy atom. The predicted molar refractivity (Wildman–Crippen MR) is 115 cm³/mol. The Labute approximate surface area is 179 Å². The highest BCUT2D eigenvalue weighted by molar-refractivity contribution is 7.91. The van der Waals surface area contributed by atoms with Gasteiger partial charge in [0.15, 0.2) is 0 Å². The second kappa shape index (κ2) is 8.41. The van der Waals surface area contributed by atoms with Gasteiger partial charge >= 0.3 is 0 Å². The Bertz CT molecular complexity index is 1230. The van der Waals surface area contributed by atoms with Crippen LogP contribution in [-0.2, 0) is 9.84 Å². The third-order valence-corrected chi connectivity index (χ3v) is 6.20. The van der Waals surface area contributed by atoms with E-state index in [0.717, 1.165) is 0 Å². The molecule has 0 saturated heterocycles. The third kappa shape index (κ3) is 4.46. The molecule has 7 heteroatoms. The maximum atomic E-state index is 13.5. The van der Waals surface area contributed by atoms with Crippen molar-refractivity contribution < 1.29 is 28.1 Å². The molecule has 0 radical (unpaired) electrons. The van der Waals surface area contributed by atoms with Gasteiger partial charge in [-0.2, -0.15) is 0 Å². The molecule has 0 aromatic heterocycles. The molecule has 31 heavy (non-hydrogen) atoms. The van der Waals surface area contributed by atoms with Crippen molar-refractivity contribution in [3.63, 3.8) is 0 Å². The van der Waals surface area contributed by atoms with Crippen LogP contribution in [0, 0.1) is 0 Å². The maximum Gasteiger partial charge on any atom is 0.213 e. The van der Waals surface area contributed by atoms with Gasteiger partial charge in [0.2, 0.25) is 9.84 Å². The number of phenols is 2. The zero-order valence-electron chi connectivity index (χ0n) is 16.2. The molecule has 0 fully saturated rings. The molecule has 0 amide bonds. The summed E-state index contributed by atoms with van der Waals surface area (Å²) in [5.41, 5.74) is 0. The molecule has 0 atom stereocenters. The first-order valence-corrected chi connectivity index (χ1v) is 10.8. The molecule has 2 N–H and O–H groups in total. The fourth-order valence-electron chi connectivity index (χ4n) is 2.98. The van der Waals surface area contributed by atoms with Crippen molar-refractivity contribution in [1.29, 1.82) is 0 Å². The molecule has 0 aliphatic rings. The molecule has 156 valence electrons. The van der Waals surface area contributed by atoms with E-state index in [2.05, 4.69) is 0 Å². The summed E-state index contributed by atoms with van der Waals surface area (Å²) in [5, 5.41) is 19.3. The fraction of sp³-hybridized carbons (Fsp3) is 0. The Kier molecular flexibility index (Phi) is 5.51. The number of hydrogen-bond acceptors (Lipinski definition) is 6. The summed E-state index contributed by atoms with van der Waals surface area (Å²) >= 11 is 0. The monoisotopic (exact) mass is 434 g/mol. The van der Waals surface area contributed by atoms with Crippen molar-refractivity contribution in [2.45, 2.75) is 9.79 Å². The molecule has 0 bridgehead atoms. The van der Waals surface area contributed by atoms with Crippen LogP contribution < -0.4 is 9.47 Å². The van der Waals surface area contributed by atoms with Crippen LogP contribution in [0.2, 0.25) is 0 Å². The normalized spacial score (nSPS) is 11.1. The van der Waals surface area contributed by atoms with E-state index in [9.17, 15) is 18.6 Å². The first kappa shape index (κ1) is 20.3. The highest BCUT2D eigenvalue weighted by Crippen LogP contribution is 2.38. The number of phenolic OH excluding ortho intramolecular Hbond substituents is 2. The van der Waals surface area contributed by atoms with E-state index in [1.54, 1.807) is 48.5 Å². The van der Waals surface area contributed by atoms with Crippen LogP contribution >= 0.6 is 0 Å². The van der Waals surface area contributed by atoms with E-state index in [4.69, 9.17) is 9.47 Å². The summed E-state index contributed by atoms with van der Waals surface area (Å²) in [7, 11) is -4.04. The minimum absolute atomic E-state index is 0.00250. The molecule has 0 heterocycles. The Balaban J connectivity index is 1.75. The second-order valence-electron chi connectivity index (χ2n) is 6.60. The SMILES string of the molecule is O=S(=O)(c1ccccc1Oc1cccc(O)c1)c1ccccc1Oc1cccc(O)c1. The topological polar surface area (TPSA) is 93.1 Å². The lowest BCUT2D eigenvalue weighted by Crippen LogP contribution is -2.06. The van der Waals surface area contributed by atoms with Gasteiger partial charge in [-0.25, -0.2) is 8.42 Å². The Morgan fingerprint density at radius 2 is 0.968 bits per heavy atom. The number of benzene rings is 4. The van der Waals surface area contributed by atoms with Crippen LogP contribution in [0.5, 0.6) is 34.5 Å². The molecule has 0 saturated carbocycles. The maximum absolute atomic E-state index is 13.5. The number of aromatic hydroxyl groups is 2. The molecule has 4 aromatic rings. The van der Waals surface area contributed by atoms with Crippen LogP contribution in [0.1, 0.15) is 0 Å². The summed E-state index contributed by atoms with van der Waals surface area (Å²) in [5.74, 6) is 0.824. The first-order valence-electron chi connectivity index (χ1n) is 9.30. The number of ether oxygens (including phenoxy) is 2. The van der Waals surface area contributed by atoms with Crippen LogP contribution in [0.15, 0.2) is 107 Å². The molecule has 0 spiro atoms. The summed E-state index contributed by atoms with van der Waals surface area (Å²) in [4.78, 5) is -0.101. The summed E-state index contributed by atoms with van der Waals surface area (Å²) in [6, 6.07) is 24.7. The van der Waals surface area contributed by atoms with E-state index < -0.39 is 9.84 Å². The third-order valence-electron chi connectivity index (χ3n) is 4.37. The van der Waals surface area contributed by atoms with Gasteiger partial charge in [-0.05, 0) is 48.5 Å². The highest BCUT2D eigenvalue weighted by Gasteiger charge is 2.26. The van der Waals surface area contributed by atoms with Crippen molar-refractivity contribution in [2.75, 3.05) is 0 Å². The van der Waals surface area contributed by atoms with E-state index >= 15 is 0 Å². The van der Waals surface area contributed by atoms with Crippen molar-refractivity contribution in [1.82, 2.24) is 0 Å². The molecular weight excluding hydrogens is 416 g/mol. The van der Waals surface area contributed by atoms with Crippen LogP contribution in [0.3, 0.4) is 0 Å². The number of sulfone groups is 1. The van der Waals surface area contributed by atoms with Gasteiger partial charge < -0.3 is 19.7 Å².